The number of benzene rings is 1. The zero-order chi connectivity index (χ0) is 11.5. The van der Waals surface area contributed by atoms with Gasteiger partial charge in [0.25, 0.3) is 0 Å². The summed E-state index contributed by atoms with van der Waals surface area (Å²) in [7, 11) is 0. The molecule has 0 unspecified atom stereocenters. The number of carboxylic acid groups (broad SMARTS) is 1. The molecule has 0 radical (unpaired) electrons. The highest BCUT2D eigenvalue weighted by molar-refractivity contribution is 8.00. The molecule has 0 aromatic heterocycles. The minimum atomic E-state index is -0.805. The molecule has 15 heavy (non-hydrogen) atoms. The first kappa shape index (κ1) is 12.4. The van der Waals surface area contributed by atoms with Crippen molar-refractivity contribution in [1.82, 2.24) is 0 Å². The van der Waals surface area contributed by atoms with Crippen molar-refractivity contribution in [2.75, 3.05) is 5.75 Å². The number of aliphatic carboxylic acids is 1. The van der Waals surface area contributed by atoms with Gasteiger partial charge in [0, 0.05) is 9.77 Å². The van der Waals surface area contributed by atoms with Gasteiger partial charge in [-0.2, -0.15) is 0 Å². The highest BCUT2D eigenvalue weighted by Gasteiger charge is 2.24. The van der Waals surface area contributed by atoms with Crippen LogP contribution in [0.5, 0.6) is 0 Å². The van der Waals surface area contributed by atoms with Gasteiger partial charge in [0.05, 0.1) is 5.75 Å². The van der Waals surface area contributed by atoms with E-state index in [2.05, 4.69) is 0 Å². The largest absolute Gasteiger partial charge is 0.481 e. The van der Waals surface area contributed by atoms with Crippen molar-refractivity contribution in [3.63, 3.8) is 0 Å². The van der Waals surface area contributed by atoms with Crippen LogP contribution in [0.2, 0.25) is 5.02 Å². The first-order valence-corrected chi connectivity index (χ1v) is 5.90. The molecule has 82 valence electrons. The normalized spacial score (nSPS) is 11.4. The van der Waals surface area contributed by atoms with E-state index in [-0.39, 0.29) is 10.5 Å². The van der Waals surface area contributed by atoms with Gasteiger partial charge in [0.1, 0.15) is 0 Å². The molecule has 0 fully saturated rings. The molecule has 2 nitrogen and oxygen atoms in total. The molecule has 0 heterocycles. The maximum atomic E-state index is 10.5. The van der Waals surface area contributed by atoms with Crippen LogP contribution in [0.4, 0.5) is 0 Å². The van der Waals surface area contributed by atoms with Crippen molar-refractivity contribution in [3.8, 4) is 0 Å². The standard InChI is InChI=1S/C11H13ClO2S/c1-11(2,15-7-10(13)14)8-5-3-4-6-9(8)12/h3-6H,7H2,1-2H3,(H,13,14). The van der Waals surface area contributed by atoms with E-state index in [0.29, 0.717) is 5.02 Å². The third kappa shape index (κ3) is 3.43. The number of rotatable bonds is 4. The Balaban J connectivity index is 2.85. The fourth-order valence-corrected chi connectivity index (χ4v) is 2.52. The van der Waals surface area contributed by atoms with Gasteiger partial charge < -0.3 is 5.11 Å². The summed E-state index contributed by atoms with van der Waals surface area (Å²) in [4.78, 5) is 10.5. The van der Waals surface area contributed by atoms with Crippen LogP contribution in [0.3, 0.4) is 0 Å². The van der Waals surface area contributed by atoms with Gasteiger partial charge in [0.2, 0.25) is 0 Å². The van der Waals surface area contributed by atoms with Gasteiger partial charge in [-0.3, -0.25) is 4.79 Å². The molecule has 0 aliphatic carbocycles. The van der Waals surface area contributed by atoms with Gasteiger partial charge >= 0.3 is 5.97 Å². The van der Waals surface area contributed by atoms with Gasteiger partial charge in [-0.1, -0.05) is 29.8 Å². The summed E-state index contributed by atoms with van der Waals surface area (Å²) in [5.74, 6) is -0.724. The second-order valence-electron chi connectivity index (χ2n) is 3.67. The van der Waals surface area contributed by atoms with Crippen LogP contribution in [-0.4, -0.2) is 16.8 Å². The lowest BCUT2D eigenvalue weighted by Crippen LogP contribution is -2.15. The number of halogens is 1. The molecule has 0 aliphatic rings. The fourth-order valence-electron chi connectivity index (χ4n) is 1.27. The molecular weight excluding hydrogens is 232 g/mol. The summed E-state index contributed by atoms with van der Waals surface area (Å²) in [5, 5.41) is 9.32. The molecule has 0 saturated heterocycles. The summed E-state index contributed by atoms with van der Waals surface area (Å²) in [6.07, 6.45) is 0. The molecule has 0 saturated carbocycles. The minimum absolute atomic E-state index is 0.0816. The smallest absolute Gasteiger partial charge is 0.313 e. The Labute approximate surface area is 98.6 Å². The topological polar surface area (TPSA) is 37.3 Å². The Morgan fingerprint density at radius 2 is 2.07 bits per heavy atom. The zero-order valence-corrected chi connectivity index (χ0v) is 10.2. The van der Waals surface area contributed by atoms with E-state index in [1.165, 1.54) is 11.8 Å². The highest BCUT2D eigenvalue weighted by atomic mass is 35.5. The Morgan fingerprint density at radius 1 is 1.47 bits per heavy atom. The van der Waals surface area contributed by atoms with Crippen LogP contribution in [0.1, 0.15) is 19.4 Å². The number of thioether (sulfide) groups is 1. The van der Waals surface area contributed by atoms with E-state index in [0.717, 1.165) is 5.56 Å². The fraction of sp³-hybridized carbons (Fsp3) is 0.364. The van der Waals surface area contributed by atoms with Gasteiger partial charge in [-0.25, -0.2) is 0 Å². The monoisotopic (exact) mass is 244 g/mol. The molecule has 0 spiro atoms. The Kier molecular flexibility index (Phi) is 4.05. The van der Waals surface area contributed by atoms with Crippen LogP contribution >= 0.6 is 23.4 Å². The molecule has 0 amide bonds. The summed E-state index contributed by atoms with van der Waals surface area (Å²) in [6, 6.07) is 7.52. The average molecular weight is 245 g/mol. The van der Waals surface area contributed by atoms with Crippen molar-refractivity contribution >= 4 is 29.3 Å². The Morgan fingerprint density at radius 3 is 2.60 bits per heavy atom. The van der Waals surface area contributed by atoms with E-state index >= 15 is 0 Å². The second-order valence-corrected chi connectivity index (χ2v) is 5.68. The average Bonchev–Trinajstić information content (AvgIpc) is 2.15. The Hall–Kier alpha value is -0.670. The molecule has 0 atom stereocenters. The molecule has 4 heteroatoms. The number of carboxylic acids is 1. The van der Waals surface area contributed by atoms with Crippen LogP contribution in [0.25, 0.3) is 0 Å². The molecule has 1 rings (SSSR count). The van der Waals surface area contributed by atoms with Crippen LogP contribution < -0.4 is 0 Å². The van der Waals surface area contributed by atoms with Crippen molar-refractivity contribution < 1.29 is 9.90 Å². The predicted molar refractivity (Wildman–Crippen MR) is 64.6 cm³/mol. The third-order valence-electron chi connectivity index (χ3n) is 2.08. The van der Waals surface area contributed by atoms with E-state index < -0.39 is 5.97 Å². The second kappa shape index (κ2) is 4.90. The molecule has 1 N–H and O–H groups in total. The van der Waals surface area contributed by atoms with Crippen LogP contribution in [0, 0.1) is 0 Å². The lowest BCUT2D eigenvalue weighted by atomic mass is 10.0. The van der Waals surface area contributed by atoms with Gasteiger partial charge in [0.15, 0.2) is 0 Å². The molecule has 0 bridgehead atoms. The van der Waals surface area contributed by atoms with E-state index in [9.17, 15) is 4.79 Å². The van der Waals surface area contributed by atoms with Crippen LogP contribution in [-0.2, 0) is 9.54 Å². The first-order valence-electron chi connectivity index (χ1n) is 4.54. The lowest BCUT2D eigenvalue weighted by molar-refractivity contribution is -0.133. The first-order chi connectivity index (χ1) is 6.93. The zero-order valence-electron chi connectivity index (χ0n) is 8.66. The van der Waals surface area contributed by atoms with Crippen LogP contribution in [0.15, 0.2) is 24.3 Å². The van der Waals surface area contributed by atoms with Crippen molar-refractivity contribution in [3.05, 3.63) is 34.9 Å². The highest BCUT2D eigenvalue weighted by Crippen LogP contribution is 2.38. The Bertz CT molecular complexity index is 363. The number of hydrogen-bond donors (Lipinski definition) is 1. The number of carbonyl (C=O) groups is 1. The van der Waals surface area contributed by atoms with E-state index in [4.69, 9.17) is 16.7 Å². The maximum Gasteiger partial charge on any atom is 0.313 e. The summed E-state index contributed by atoms with van der Waals surface area (Å²) >= 11 is 7.43. The molecule has 1 aromatic carbocycles. The summed E-state index contributed by atoms with van der Waals surface area (Å²) in [6.45, 7) is 3.95. The lowest BCUT2D eigenvalue weighted by Gasteiger charge is -2.24. The van der Waals surface area contributed by atoms with E-state index in [1.54, 1.807) is 0 Å². The molecule has 1 aromatic rings. The van der Waals surface area contributed by atoms with Gasteiger partial charge in [-0.15, -0.1) is 11.8 Å². The maximum absolute atomic E-state index is 10.5. The number of hydrogen-bond acceptors (Lipinski definition) is 2. The summed E-state index contributed by atoms with van der Waals surface area (Å²) < 4.78 is -0.281. The summed E-state index contributed by atoms with van der Waals surface area (Å²) in [5.41, 5.74) is 0.970. The molecular formula is C11H13ClO2S. The van der Waals surface area contributed by atoms with Crippen molar-refractivity contribution in [2.45, 2.75) is 18.6 Å². The minimum Gasteiger partial charge on any atom is -0.481 e. The van der Waals surface area contributed by atoms with E-state index in [1.807, 2.05) is 38.1 Å². The third-order valence-corrected chi connectivity index (χ3v) is 3.74. The predicted octanol–water partition coefficient (Wildman–Crippen LogP) is 3.39. The van der Waals surface area contributed by atoms with Crippen molar-refractivity contribution in [2.24, 2.45) is 0 Å². The van der Waals surface area contributed by atoms with Gasteiger partial charge in [-0.05, 0) is 25.5 Å². The SMILES string of the molecule is CC(C)(SCC(=O)O)c1ccccc1Cl. The van der Waals surface area contributed by atoms with Crippen molar-refractivity contribution in [1.29, 1.82) is 0 Å². The quantitative estimate of drug-likeness (QED) is 0.882. The molecule has 0 aliphatic heterocycles.